The predicted octanol–water partition coefficient (Wildman–Crippen LogP) is 5.78. The van der Waals surface area contributed by atoms with Crippen molar-refractivity contribution in [1.29, 1.82) is 0 Å². The number of carbonyl (C=O) groups is 1. The zero-order chi connectivity index (χ0) is 20.1. The Balaban J connectivity index is 1.45. The Hall–Kier alpha value is -2.85. The number of rotatable bonds is 4. The summed E-state index contributed by atoms with van der Waals surface area (Å²) in [7, 11) is 0. The average Bonchev–Trinajstić information content (AvgIpc) is 2.76. The fourth-order valence-electron chi connectivity index (χ4n) is 4.07. The van der Waals surface area contributed by atoms with Gasteiger partial charge >= 0.3 is 6.09 Å². The topological polar surface area (TPSA) is 42.4 Å². The molecule has 1 fully saturated rings. The Labute approximate surface area is 176 Å². The SMILES string of the molecule is O=C(Oc1cccc(Cl)n1)N1CCC(C(c2ccccc2)c2ccccc2)CC1. The molecule has 148 valence electrons. The van der Waals surface area contributed by atoms with Crippen molar-refractivity contribution < 1.29 is 9.53 Å². The Kier molecular flexibility index (Phi) is 6.11. The summed E-state index contributed by atoms with van der Waals surface area (Å²) in [6, 6.07) is 26.3. The second kappa shape index (κ2) is 9.10. The van der Waals surface area contributed by atoms with E-state index < -0.39 is 0 Å². The van der Waals surface area contributed by atoms with Crippen molar-refractivity contribution >= 4 is 17.7 Å². The van der Waals surface area contributed by atoms with E-state index in [-0.39, 0.29) is 12.0 Å². The summed E-state index contributed by atoms with van der Waals surface area (Å²) in [6.45, 7) is 1.33. The first-order valence-corrected chi connectivity index (χ1v) is 10.3. The molecule has 0 radical (unpaired) electrons. The fraction of sp³-hybridized carbons (Fsp3) is 0.250. The van der Waals surface area contributed by atoms with Crippen LogP contribution in [0.25, 0.3) is 0 Å². The van der Waals surface area contributed by atoms with Gasteiger partial charge in [-0.3, -0.25) is 0 Å². The minimum Gasteiger partial charge on any atom is -0.391 e. The highest BCUT2D eigenvalue weighted by Gasteiger charge is 2.31. The summed E-state index contributed by atoms with van der Waals surface area (Å²) in [5.41, 5.74) is 2.64. The molecule has 1 aliphatic heterocycles. The Morgan fingerprint density at radius 2 is 1.48 bits per heavy atom. The lowest BCUT2D eigenvalue weighted by molar-refractivity contribution is 0.126. The molecule has 3 aromatic rings. The van der Waals surface area contributed by atoms with Crippen LogP contribution in [0.4, 0.5) is 4.79 Å². The number of ether oxygens (including phenoxy) is 1. The van der Waals surface area contributed by atoms with Gasteiger partial charge in [0, 0.05) is 25.1 Å². The monoisotopic (exact) mass is 406 g/mol. The van der Waals surface area contributed by atoms with E-state index in [2.05, 4.69) is 53.5 Å². The fourth-order valence-corrected chi connectivity index (χ4v) is 4.23. The van der Waals surface area contributed by atoms with E-state index in [1.807, 2.05) is 12.1 Å². The minimum atomic E-state index is -0.366. The van der Waals surface area contributed by atoms with Gasteiger partial charge in [-0.2, -0.15) is 0 Å². The summed E-state index contributed by atoms with van der Waals surface area (Å²) in [6.07, 6.45) is 1.48. The van der Waals surface area contributed by atoms with Crippen molar-refractivity contribution in [3.8, 4) is 5.88 Å². The summed E-state index contributed by atoms with van der Waals surface area (Å²) >= 11 is 5.87. The summed E-state index contributed by atoms with van der Waals surface area (Å²) in [4.78, 5) is 18.3. The van der Waals surface area contributed by atoms with Crippen LogP contribution in [-0.4, -0.2) is 29.1 Å². The first-order chi connectivity index (χ1) is 14.2. The van der Waals surface area contributed by atoms with Gasteiger partial charge in [0.25, 0.3) is 0 Å². The minimum absolute atomic E-state index is 0.232. The molecule has 2 heterocycles. The van der Waals surface area contributed by atoms with Gasteiger partial charge in [-0.15, -0.1) is 0 Å². The van der Waals surface area contributed by atoms with Gasteiger partial charge in [0.1, 0.15) is 5.15 Å². The van der Waals surface area contributed by atoms with Crippen molar-refractivity contribution in [2.75, 3.05) is 13.1 Å². The highest BCUT2D eigenvalue weighted by molar-refractivity contribution is 6.29. The predicted molar refractivity (Wildman–Crippen MR) is 114 cm³/mol. The highest BCUT2D eigenvalue weighted by atomic mass is 35.5. The van der Waals surface area contributed by atoms with Crippen LogP contribution in [0.1, 0.15) is 29.9 Å². The Morgan fingerprint density at radius 1 is 0.897 bits per heavy atom. The molecule has 1 amide bonds. The van der Waals surface area contributed by atoms with Crippen molar-refractivity contribution in [3.63, 3.8) is 0 Å². The molecule has 0 spiro atoms. The number of nitrogens with zero attached hydrogens (tertiary/aromatic N) is 2. The number of hydrogen-bond acceptors (Lipinski definition) is 3. The van der Waals surface area contributed by atoms with Crippen molar-refractivity contribution in [1.82, 2.24) is 9.88 Å². The number of pyridine rings is 1. The molecule has 4 nitrogen and oxygen atoms in total. The van der Waals surface area contributed by atoms with Crippen LogP contribution in [0.2, 0.25) is 5.15 Å². The average molecular weight is 407 g/mol. The van der Waals surface area contributed by atoms with E-state index in [0.29, 0.717) is 30.1 Å². The molecular formula is C24H23ClN2O2. The van der Waals surface area contributed by atoms with Crippen LogP contribution in [0, 0.1) is 5.92 Å². The summed E-state index contributed by atoms with van der Waals surface area (Å²) < 4.78 is 5.39. The molecule has 0 unspecified atom stereocenters. The van der Waals surface area contributed by atoms with Crippen molar-refractivity contribution in [2.24, 2.45) is 5.92 Å². The van der Waals surface area contributed by atoms with E-state index >= 15 is 0 Å². The second-order valence-corrected chi connectivity index (χ2v) is 7.68. The van der Waals surface area contributed by atoms with Gasteiger partial charge in [-0.1, -0.05) is 78.3 Å². The number of aromatic nitrogens is 1. The summed E-state index contributed by atoms with van der Waals surface area (Å²) in [5.74, 6) is 1.02. The maximum absolute atomic E-state index is 12.5. The smallest absolute Gasteiger partial charge is 0.391 e. The maximum atomic E-state index is 12.5. The van der Waals surface area contributed by atoms with Crippen LogP contribution in [0.15, 0.2) is 78.9 Å². The molecule has 1 aromatic heterocycles. The van der Waals surface area contributed by atoms with Crippen LogP contribution in [-0.2, 0) is 0 Å². The standard InChI is InChI=1S/C24H23ClN2O2/c25-21-12-7-13-22(26-21)29-24(28)27-16-14-20(15-17-27)23(18-8-3-1-4-9-18)19-10-5-2-6-11-19/h1-13,20,23H,14-17H2. The van der Waals surface area contributed by atoms with Gasteiger partial charge in [0.2, 0.25) is 5.88 Å². The third-order valence-electron chi connectivity index (χ3n) is 5.47. The number of piperidine rings is 1. The lowest BCUT2D eigenvalue weighted by atomic mass is 9.76. The molecule has 0 saturated carbocycles. The molecule has 29 heavy (non-hydrogen) atoms. The van der Waals surface area contributed by atoms with E-state index in [9.17, 15) is 4.79 Å². The first-order valence-electron chi connectivity index (χ1n) is 9.90. The quantitative estimate of drug-likeness (QED) is 0.516. The molecule has 1 saturated heterocycles. The molecule has 0 atom stereocenters. The zero-order valence-corrected chi connectivity index (χ0v) is 16.8. The molecule has 0 bridgehead atoms. The molecule has 0 N–H and O–H groups in total. The van der Waals surface area contributed by atoms with Crippen LogP contribution in [0.5, 0.6) is 5.88 Å². The molecule has 1 aliphatic rings. The normalized spacial score (nSPS) is 14.8. The number of carbonyl (C=O) groups excluding carboxylic acids is 1. The van der Waals surface area contributed by atoms with Gasteiger partial charge < -0.3 is 9.64 Å². The number of hydrogen-bond donors (Lipinski definition) is 0. The van der Waals surface area contributed by atoms with E-state index in [4.69, 9.17) is 16.3 Å². The number of amides is 1. The van der Waals surface area contributed by atoms with Gasteiger partial charge in [0.05, 0.1) is 0 Å². The highest BCUT2D eigenvalue weighted by Crippen LogP contribution is 2.38. The Bertz CT molecular complexity index is 902. The van der Waals surface area contributed by atoms with E-state index in [1.165, 1.54) is 11.1 Å². The van der Waals surface area contributed by atoms with Crippen molar-refractivity contribution in [3.05, 3.63) is 95.1 Å². The van der Waals surface area contributed by atoms with Gasteiger partial charge in [-0.25, -0.2) is 9.78 Å². The number of benzene rings is 2. The molecule has 2 aromatic carbocycles. The maximum Gasteiger partial charge on any atom is 0.416 e. The number of likely N-dealkylation sites (tertiary alicyclic amines) is 1. The van der Waals surface area contributed by atoms with E-state index in [0.717, 1.165) is 12.8 Å². The molecule has 4 rings (SSSR count). The first kappa shape index (κ1) is 19.5. The molecule has 5 heteroatoms. The van der Waals surface area contributed by atoms with Crippen molar-refractivity contribution in [2.45, 2.75) is 18.8 Å². The van der Waals surface area contributed by atoms with Gasteiger partial charge in [-0.05, 0) is 36.0 Å². The third-order valence-corrected chi connectivity index (χ3v) is 5.68. The third kappa shape index (κ3) is 4.77. The lowest BCUT2D eigenvalue weighted by Gasteiger charge is -2.36. The van der Waals surface area contributed by atoms with Gasteiger partial charge in [0.15, 0.2) is 0 Å². The van der Waals surface area contributed by atoms with E-state index in [1.54, 1.807) is 23.1 Å². The number of halogens is 1. The lowest BCUT2D eigenvalue weighted by Crippen LogP contribution is -2.41. The molecular weight excluding hydrogens is 384 g/mol. The molecule has 0 aliphatic carbocycles. The zero-order valence-electron chi connectivity index (χ0n) is 16.1. The summed E-state index contributed by atoms with van der Waals surface area (Å²) in [5, 5.41) is 0.308. The van der Waals surface area contributed by atoms with Crippen LogP contribution < -0.4 is 4.74 Å². The largest absolute Gasteiger partial charge is 0.416 e. The van der Waals surface area contributed by atoms with Crippen LogP contribution >= 0.6 is 11.6 Å². The Morgan fingerprint density at radius 3 is 2.03 bits per heavy atom. The van der Waals surface area contributed by atoms with Crippen LogP contribution in [0.3, 0.4) is 0 Å². The second-order valence-electron chi connectivity index (χ2n) is 7.29.